The summed E-state index contributed by atoms with van der Waals surface area (Å²) in [5, 5.41) is 8.57. The van der Waals surface area contributed by atoms with Gasteiger partial charge in [-0.1, -0.05) is 23.7 Å². The maximum atomic E-state index is 7.87. The van der Waals surface area contributed by atoms with Gasteiger partial charge in [-0.05, 0) is 44.0 Å². The molecule has 2 nitrogen and oxygen atoms in total. The Bertz CT molecular complexity index is 471. The summed E-state index contributed by atoms with van der Waals surface area (Å²) >= 11 is 5.85. The third-order valence-corrected chi connectivity index (χ3v) is 3.25. The molecule has 1 aliphatic heterocycles. The van der Waals surface area contributed by atoms with Gasteiger partial charge in [0.25, 0.3) is 0 Å². The van der Waals surface area contributed by atoms with Crippen LogP contribution in [0.1, 0.15) is 26.3 Å². The van der Waals surface area contributed by atoms with Gasteiger partial charge in [0.1, 0.15) is 5.60 Å². The number of hydrogen-bond acceptors (Lipinski definition) is 2. The Hall–Kier alpha value is -1.28. The van der Waals surface area contributed by atoms with Crippen molar-refractivity contribution in [1.82, 2.24) is 0 Å². The van der Waals surface area contributed by atoms with Crippen LogP contribution in [0.3, 0.4) is 0 Å². The van der Waals surface area contributed by atoms with Gasteiger partial charge in [0.15, 0.2) is 0 Å². The van der Waals surface area contributed by atoms with Gasteiger partial charge in [0.2, 0.25) is 5.90 Å². The molecule has 0 radical (unpaired) electrons. The Morgan fingerprint density at radius 1 is 1.19 bits per heavy atom. The smallest absolute Gasteiger partial charge is 0.214 e. The first-order valence-corrected chi connectivity index (χ1v) is 5.55. The highest BCUT2D eigenvalue weighted by molar-refractivity contribution is 6.30. The summed E-state index contributed by atoms with van der Waals surface area (Å²) in [6.07, 6.45) is 0. The average Bonchev–Trinajstić information content (AvgIpc) is 2.39. The molecule has 1 aliphatic rings. The molecule has 0 spiro atoms. The van der Waals surface area contributed by atoms with E-state index in [4.69, 9.17) is 21.7 Å². The molecule has 1 heterocycles. The van der Waals surface area contributed by atoms with Crippen molar-refractivity contribution in [3.63, 3.8) is 0 Å². The van der Waals surface area contributed by atoms with Gasteiger partial charge >= 0.3 is 0 Å². The van der Waals surface area contributed by atoms with Gasteiger partial charge in [0, 0.05) is 10.6 Å². The van der Waals surface area contributed by atoms with Crippen LogP contribution in [0, 0.1) is 5.41 Å². The second kappa shape index (κ2) is 3.63. The predicted molar refractivity (Wildman–Crippen MR) is 66.9 cm³/mol. The first kappa shape index (κ1) is 11.2. The van der Waals surface area contributed by atoms with Crippen LogP contribution in [0.4, 0.5) is 0 Å². The molecule has 0 fully saturated rings. The van der Waals surface area contributed by atoms with Crippen LogP contribution < -0.4 is 0 Å². The molecule has 3 heteroatoms. The van der Waals surface area contributed by atoms with Crippen molar-refractivity contribution in [2.75, 3.05) is 0 Å². The maximum Gasteiger partial charge on any atom is 0.214 e. The Kier molecular flexibility index (Phi) is 2.55. The van der Waals surface area contributed by atoms with Gasteiger partial charge in [0.05, 0.1) is 0 Å². The molecule has 0 aliphatic carbocycles. The molecule has 0 saturated heterocycles. The first-order chi connectivity index (χ1) is 7.42. The van der Waals surface area contributed by atoms with Gasteiger partial charge in [-0.25, -0.2) is 0 Å². The molecule has 1 aromatic carbocycles. The minimum atomic E-state index is -0.383. The number of rotatable bonds is 1. The molecule has 0 unspecified atom stereocenters. The summed E-state index contributed by atoms with van der Waals surface area (Å²) in [5.74, 6) is 0.241. The Labute approximate surface area is 100 Å². The zero-order valence-corrected chi connectivity index (χ0v) is 10.4. The first-order valence-electron chi connectivity index (χ1n) is 5.17. The summed E-state index contributed by atoms with van der Waals surface area (Å²) < 4.78 is 5.53. The summed E-state index contributed by atoms with van der Waals surface area (Å²) in [4.78, 5) is 0. The minimum Gasteiger partial charge on any atom is -0.467 e. The van der Waals surface area contributed by atoms with E-state index in [1.54, 1.807) is 0 Å². The fraction of sp³-hybridized carbons (Fsp3) is 0.308. The van der Waals surface area contributed by atoms with E-state index in [0.29, 0.717) is 5.02 Å². The molecule has 84 valence electrons. The fourth-order valence-corrected chi connectivity index (χ4v) is 1.94. The van der Waals surface area contributed by atoms with Gasteiger partial charge in [-0.2, -0.15) is 0 Å². The molecule has 1 N–H and O–H groups in total. The molecule has 0 saturated carbocycles. The van der Waals surface area contributed by atoms with E-state index >= 15 is 0 Å². The van der Waals surface area contributed by atoms with Gasteiger partial charge < -0.3 is 4.74 Å². The van der Waals surface area contributed by atoms with Crippen molar-refractivity contribution in [3.05, 3.63) is 40.4 Å². The Balaban J connectivity index is 2.52. The zero-order valence-electron chi connectivity index (χ0n) is 9.60. The van der Waals surface area contributed by atoms with Crippen LogP contribution >= 0.6 is 11.6 Å². The van der Waals surface area contributed by atoms with Crippen LogP contribution in [0.5, 0.6) is 0 Å². The quantitative estimate of drug-likeness (QED) is 0.787. The molecule has 0 amide bonds. The molecule has 0 bridgehead atoms. The average molecular weight is 236 g/mol. The van der Waals surface area contributed by atoms with Crippen LogP contribution in [-0.2, 0) is 4.74 Å². The second-order valence-corrected chi connectivity index (χ2v) is 4.88. The number of halogens is 1. The number of benzene rings is 1. The van der Waals surface area contributed by atoms with Crippen LogP contribution in [0.2, 0.25) is 5.02 Å². The standard InChI is InChI=1S/C13H14ClNO/c1-8-11(12(15)16-13(8,2)3)9-4-6-10(14)7-5-9/h4-7,15H,1-3H3. The lowest BCUT2D eigenvalue weighted by molar-refractivity contribution is 0.149. The fourth-order valence-electron chi connectivity index (χ4n) is 1.82. The molecule has 0 atom stereocenters. The van der Waals surface area contributed by atoms with Crippen molar-refractivity contribution in [2.45, 2.75) is 26.4 Å². The summed E-state index contributed by atoms with van der Waals surface area (Å²) in [5.41, 5.74) is 2.56. The van der Waals surface area contributed by atoms with Crippen LogP contribution in [-0.4, -0.2) is 11.5 Å². The summed E-state index contributed by atoms with van der Waals surface area (Å²) in [7, 11) is 0. The van der Waals surface area contributed by atoms with Crippen LogP contribution in [0.15, 0.2) is 29.8 Å². The highest BCUT2D eigenvalue weighted by Crippen LogP contribution is 2.37. The SMILES string of the molecule is CC1=C(c2ccc(Cl)cc2)C(=N)OC1(C)C. The highest BCUT2D eigenvalue weighted by Gasteiger charge is 2.35. The number of nitrogens with one attached hydrogen (secondary N) is 1. The second-order valence-electron chi connectivity index (χ2n) is 4.45. The third-order valence-electron chi connectivity index (χ3n) is 3.00. The minimum absolute atomic E-state index is 0.241. The molecule has 16 heavy (non-hydrogen) atoms. The number of hydrogen-bond donors (Lipinski definition) is 1. The largest absolute Gasteiger partial charge is 0.467 e. The lowest BCUT2D eigenvalue weighted by Gasteiger charge is -2.18. The van der Waals surface area contributed by atoms with Crippen molar-refractivity contribution in [3.8, 4) is 0 Å². The Morgan fingerprint density at radius 3 is 2.19 bits per heavy atom. The monoisotopic (exact) mass is 235 g/mol. The Morgan fingerprint density at radius 2 is 1.75 bits per heavy atom. The molecular formula is C13H14ClNO. The topological polar surface area (TPSA) is 33.1 Å². The van der Waals surface area contributed by atoms with E-state index in [1.165, 1.54) is 0 Å². The van der Waals surface area contributed by atoms with E-state index in [1.807, 2.05) is 45.0 Å². The van der Waals surface area contributed by atoms with Crippen molar-refractivity contribution in [2.24, 2.45) is 0 Å². The third kappa shape index (κ3) is 1.74. The lowest BCUT2D eigenvalue weighted by Crippen LogP contribution is -2.21. The lowest BCUT2D eigenvalue weighted by atomic mass is 9.94. The van der Waals surface area contributed by atoms with Gasteiger partial charge in [-0.15, -0.1) is 0 Å². The predicted octanol–water partition coefficient (Wildman–Crippen LogP) is 3.90. The highest BCUT2D eigenvalue weighted by atomic mass is 35.5. The van der Waals surface area contributed by atoms with Gasteiger partial charge in [-0.3, -0.25) is 5.41 Å². The molecule has 2 rings (SSSR count). The van der Waals surface area contributed by atoms with E-state index in [-0.39, 0.29) is 11.5 Å². The molecular weight excluding hydrogens is 222 g/mol. The van der Waals surface area contributed by atoms with Crippen molar-refractivity contribution >= 4 is 23.1 Å². The van der Waals surface area contributed by atoms with Crippen LogP contribution in [0.25, 0.3) is 5.57 Å². The van der Waals surface area contributed by atoms with Crippen molar-refractivity contribution in [1.29, 1.82) is 5.41 Å². The normalized spacial score (nSPS) is 18.9. The zero-order chi connectivity index (χ0) is 11.9. The number of ether oxygens (including phenoxy) is 1. The maximum absolute atomic E-state index is 7.87. The summed E-state index contributed by atoms with van der Waals surface area (Å²) in [6, 6.07) is 7.49. The van der Waals surface area contributed by atoms with E-state index in [9.17, 15) is 0 Å². The van der Waals surface area contributed by atoms with Crippen molar-refractivity contribution < 1.29 is 4.74 Å². The van der Waals surface area contributed by atoms with E-state index in [0.717, 1.165) is 16.7 Å². The van der Waals surface area contributed by atoms with E-state index in [2.05, 4.69) is 0 Å². The van der Waals surface area contributed by atoms with E-state index < -0.39 is 0 Å². The molecule has 0 aromatic heterocycles. The molecule has 1 aromatic rings. The summed E-state index contributed by atoms with van der Waals surface area (Å²) in [6.45, 7) is 5.95.